The molecule has 26 heavy (non-hydrogen) atoms. The van der Waals surface area contributed by atoms with Crippen molar-refractivity contribution >= 4 is 11.0 Å². The van der Waals surface area contributed by atoms with E-state index in [1.165, 1.54) is 0 Å². The number of hydrogen-bond acceptors (Lipinski definition) is 5. The highest BCUT2D eigenvalue weighted by atomic mass is 16.5. The van der Waals surface area contributed by atoms with Crippen LogP contribution >= 0.6 is 0 Å². The van der Waals surface area contributed by atoms with Gasteiger partial charge in [-0.2, -0.15) is 0 Å². The fourth-order valence-corrected chi connectivity index (χ4v) is 2.83. The molecule has 1 heterocycles. The molecule has 0 bridgehead atoms. The second-order valence-electron chi connectivity index (χ2n) is 5.95. The Kier molecular flexibility index (Phi) is 5.92. The van der Waals surface area contributed by atoms with Gasteiger partial charge in [-0.3, -0.25) is 0 Å². The first-order chi connectivity index (χ1) is 12.7. The second-order valence-corrected chi connectivity index (χ2v) is 5.95. The van der Waals surface area contributed by atoms with E-state index < -0.39 is 0 Å². The molecule has 5 nitrogen and oxygen atoms in total. The largest absolute Gasteiger partial charge is 0.493 e. The van der Waals surface area contributed by atoms with E-state index in [9.17, 15) is 4.79 Å². The first-order valence-electron chi connectivity index (χ1n) is 8.73. The van der Waals surface area contributed by atoms with Crippen LogP contribution in [0.25, 0.3) is 11.0 Å². The first-order valence-corrected chi connectivity index (χ1v) is 8.73. The average Bonchev–Trinajstić information content (AvgIpc) is 2.67. The number of rotatable bonds is 8. The van der Waals surface area contributed by atoms with Crippen molar-refractivity contribution in [3.63, 3.8) is 0 Å². The highest BCUT2D eigenvalue weighted by Crippen LogP contribution is 2.25. The summed E-state index contributed by atoms with van der Waals surface area (Å²) in [7, 11) is 1.62. The Balaban J connectivity index is 1.60. The summed E-state index contributed by atoms with van der Waals surface area (Å²) >= 11 is 0. The van der Waals surface area contributed by atoms with Crippen LogP contribution in [-0.2, 0) is 13.0 Å². The van der Waals surface area contributed by atoms with Gasteiger partial charge in [0.05, 0.1) is 7.11 Å². The van der Waals surface area contributed by atoms with E-state index in [2.05, 4.69) is 18.3 Å². The number of fused-ring (bicyclic) bond motifs is 1. The molecule has 0 aliphatic carbocycles. The van der Waals surface area contributed by atoms with Gasteiger partial charge >= 0.3 is 5.63 Å². The molecule has 0 saturated carbocycles. The van der Waals surface area contributed by atoms with E-state index >= 15 is 0 Å². The molecular weight excluding hydrogens is 330 g/mol. The molecule has 0 aliphatic rings. The molecule has 0 aliphatic heterocycles. The molecule has 1 N–H and O–H groups in total. The summed E-state index contributed by atoms with van der Waals surface area (Å²) in [5.74, 6) is 1.43. The Morgan fingerprint density at radius 3 is 2.65 bits per heavy atom. The lowest BCUT2D eigenvalue weighted by Crippen LogP contribution is -2.21. The van der Waals surface area contributed by atoms with Crippen LogP contribution in [-0.4, -0.2) is 20.3 Å². The zero-order chi connectivity index (χ0) is 18.4. The van der Waals surface area contributed by atoms with Crippen molar-refractivity contribution in [3.8, 4) is 11.5 Å². The minimum absolute atomic E-state index is 0.326. The van der Waals surface area contributed by atoms with Crippen molar-refractivity contribution < 1.29 is 13.9 Å². The predicted octanol–water partition coefficient (Wildman–Crippen LogP) is 3.53. The lowest BCUT2D eigenvalue weighted by molar-refractivity contribution is 0.292. The standard InChI is InChI=1S/C21H23NO4/c1-3-15-8-9-17-16(13-21(23)26-20(17)12-15)14-22-10-11-25-19-7-5-4-6-18(19)24-2/h4-9,12-13,22H,3,10-11,14H2,1-2H3. The molecule has 0 unspecified atom stereocenters. The van der Waals surface area contributed by atoms with E-state index in [0.29, 0.717) is 31.0 Å². The lowest BCUT2D eigenvalue weighted by Gasteiger charge is -2.11. The van der Waals surface area contributed by atoms with Gasteiger partial charge in [0.15, 0.2) is 11.5 Å². The molecule has 0 amide bonds. The Morgan fingerprint density at radius 2 is 1.88 bits per heavy atom. The fraction of sp³-hybridized carbons (Fsp3) is 0.286. The zero-order valence-electron chi connectivity index (χ0n) is 15.1. The summed E-state index contributed by atoms with van der Waals surface area (Å²) in [6, 6.07) is 15.1. The van der Waals surface area contributed by atoms with E-state index in [1.807, 2.05) is 36.4 Å². The number of nitrogens with one attached hydrogen (secondary N) is 1. The molecule has 0 atom stereocenters. The third-order valence-electron chi connectivity index (χ3n) is 4.22. The summed E-state index contributed by atoms with van der Waals surface area (Å²) in [5.41, 5.74) is 2.39. The molecule has 2 aromatic carbocycles. The molecule has 0 saturated heterocycles. The number of methoxy groups -OCH3 is 1. The lowest BCUT2D eigenvalue weighted by atomic mass is 10.1. The topological polar surface area (TPSA) is 60.7 Å². The quantitative estimate of drug-likeness (QED) is 0.496. The van der Waals surface area contributed by atoms with E-state index in [-0.39, 0.29) is 5.63 Å². The molecule has 5 heteroatoms. The zero-order valence-corrected chi connectivity index (χ0v) is 15.1. The maximum absolute atomic E-state index is 11.8. The molecule has 3 aromatic rings. The second kappa shape index (κ2) is 8.54. The van der Waals surface area contributed by atoms with Crippen molar-refractivity contribution in [2.24, 2.45) is 0 Å². The van der Waals surface area contributed by atoms with Gasteiger partial charge in [-0.05, 0) is 35.7 Å². The van der Waals surface area contributed by atoms with E-state index in [4.69, 9.17) is 13.9 Å². The number of benzene rings is 2. The molecule has 0 spiro atoms. The van der Waals surface area contributed by atoms with Gasteiger partial charge < -0.3 is 19.2 Å². The van der Waals surface area contributed by atoms with Crippen LogP contribution in [0.2, 0.25) is 0 Å². The fourth-order valence-electron chi connectivity index (χ4n) is 2.83. The molecule has 0 fully saturated rings. The third kappa shape index (κ3) is 4.24. The number of ether oxygens (including phenoxy) is 2. The van der Waals surface area contributed by atoms with Crippen LogP contribution < -0.4 is 20.4 Å². The molecule has 136 valence electrons. The maximum Gasteiger partial charge on any atom is 0.336 e. The van der Waals surface area contributed by atoms with E-state index in [0.717, 1.165) is 28.7 Å². The van der Waals surface area contributed by atoms with Gasteiger partial charge in [0.2, 0.25) is 0 Å². The van der Waals surface area contributed by atoms with Crippen LogP contribution in [0.5, 0.6) is 11.5 Å². The highest BCUT2D eigenvalue weighted by Gasteiger charge is 2.07. The molecule has 1 aromatic heterocycles. The Bertz CT molecular complexity index is 933. The van der Waals surface area contributed by atoms with Crippen molar-refractivity contribution in [2.45, 2.75) is 19.9 Å². The Morgan fingerprint density at radius 1 is 1.08 bits per heavy atom. The average molecular weight is 353 g/mol. The van der Waals surface area contributed by atoms with Gasteiger partial charge in [0.1, 0.15) is 12.2 Å². The first kappa shape index (κ1) is 18.0. The molecule has 3 rings (SSSR count). The maximum atomic E-state index is 11.8. The number of aryl methyl sites for hydroxylation is 1. The van der Waals surface area contributed by atoms with Crippen LogP contribution in [0.3, 0.4) is 0 Å². The monoisotopic (exact) mass is 353 g/mol. The highest BCUT2D eigenvalue weighted by molar-refractivity contribution is 5.80. The van der Waals surface area contributed by atoms with Gasteiger partial charge in [-0.25, -0.2) is 4.79 Å². The normalized spacial score (nSPS) is 10.8. The van der Waals surface area contributed by atoms with Crippen molar-refractivity contribution in [2.75, 3.05) is 20.3 Å². The van der Waals surface area contributed by atoms with E-state index in [1.54, 1.807) is 13.2 Å². The van der Waals surface area contributed by atoms with Gasteiger partial charge in [0, 0.05) is 24.5 Å². The van der Waals surface area contributed by atoms with Crippen LogP contribution in [0.15, 0.2) is 57.7 Å². The summed E-state index contributed by atoms with van der Waals surface area (Å²) < 4.78 is 16.3. The van der Waals surface area contributed by atoms with Crippen LogP contribution in [0.4, 0.5) is 0 Å². The number of hydrogen-bond donors (Lipinski definition) is 1. The number of para-hydroxylation sites is 2. The van der Waals surface area contributed by atoms with Gasteiger partial charge in [0.25, 0.3) is 0 Å². The Hall–Kier alpha value is -2.79. The van der Waals surface area contributed by atoms with Crippen molar-refractivity contribution in [1.29, 1.82) is 0 Å². The summed E-state index contributed by atoms with van der Waals surface area (Å²) in [6.45, 7) is 3.79. The van der Waals surface area contributed by atoms with Gasteiger partial charge in [-0.15, -0.1) is 0 Å². The molecular formula is C21H23NO4. The predicted molar refractivity (Wildman–Crippen MR) is 102 cm³/mol. The van der Waals surface area contributed by atoms with Crippen LogP contribution in [0.1, 0.15) is 18.1 Å². The van der Waals surface area contributed by atoms with Crippen LogP contribution in [0, 0.1) is 0 Å². The van der Waals surface area contributed by atoms with Gasteiger partial charge in [-0.1, -0.05) is 31.2 Å². The van der Waals surface area contributed by atoms with Crippen molar-refractivity contribution in [1.82, 2.24) is 5.32 Å². The Labute approximate surface area is 152 Å². The van der Waals surface area contributed by atoms with Crippen molar-refractivity contribution in [3.05, 3.63) is 70.1 Å². The summed E-state index contributed by atoms with van der Waals surface area (Å²) in [4.78, 5) is 11.8. The summed E-state index contributed by atoms with van der Waals surface area (Å²) in [6.07, 6.45) is 0.905. The SMILES string of the molecule is CCc1ccc2c(CNCCOc3ccccc3OC)cc(=O)oc2c1. The molecule has 0 radical (unpaired) electrons. The summed E-state index contributed by atoms with van der Waals surface area (Å²) in [5, 5.41) is 4.27. The third-order valence-corrected chi connectivity index (χ3v) is 4.22. The minimum atomic E-state index is -0.326. The minimum Gasteiger partial charge on any atom is -0.493 e. The smallest absolute Gasteiger partial charge is 0.336 e.